The smallest absolute Gasteiger partial charge is 0.284 e. The van der Waals surface area contributed by atoms with Crippen LogP contribution >= 0.6 is 11.8 Å². The predicted octanol–water partition coefficient (Wildman–Crippen LogP) is 5.49. The molecule has 1 fully saturated rings. The number of aliphatic imine (C=N–C) groups is 1. The first kappa shape index (κ1) is 21.4. The number of para-hydroxylation sites is 1. The Hall–Kier alpha value is -3.85. The van der Waals surface area contributed by atoms with E-state index in [0.717, 1.165) is 5.69 Å². The molecule has 2 heterocycles. The molecule has 0 aliphatic carbocycles. The Morgan fingerprint density at radius 3 is 2.66 bits per heavy atom. The van der Waals surface area contributed by atoms with Gasteiger partial charge in [0.05, 0.1) is 34.3 Å². The fourth-order valence-electron chi connectivity index (χ4n) is 3.19. The van der Waals surface area contributed by atoms with Gasteiger partial charge in [0.15, 0.2) is 5.17 Å². The molecule has 1 saturated heterocycles. The SMILES string of the molecule is CCN1C(=O)C(=Cc2ccc(-c3ccc(OC)cc3[N+](=O)[O-])o2)SC1=Nc1ccccc1. The number of hydrogen-bond donors (Lipinski definition) is 0. The summed E-state index contributed by atoms with van der Waals surface area (Å²) in [5, 5.41) is 12.1. The molecule has 2 aromatic carbocycles. The number of carbonyl (C=O) groups is 1. The zero-order valence-electron chi connectivity index (χ0n) is 17.3. The van der Waals surface area contributed by atoms with E-state index in [2.05, 4.69) is 4.99 Å². The maximum atomic E-state index is 12.8. The van der Waals surface area contributed by atoms with Crippen LogP contribution < -0.4 is 4.74 Å². The van der Waals surface area contributed by atoms with Crippen LogP contribution in [0.4, 0.5) is 11.4 Å². The third-order valence-electron chi connectivity index (χ3n) is 4.75. The lowest BCUT2D eigenvalue weighted by atomic mass is 10.1. The zero-order valence-corrected chi connectivity index (χ0v) is 18.2. The Morgan fingerprint density at radius 2 is 1.97 bits per heavy atom. The molecule has 0 radical (unpaired) electrons. The van der Waals surface area contributed by atoms with Crippen LogP contribution in [0.2, 0.25) is 0 Å². The third-order valence-corrected chi connectivity index (χ3v) is 5.76. The van der Waals surface area contributed by atoms with Crippen molar-refractivity contribution in [1.29, 1.82) is 0 Å². The Morgan fingerprint density at radius 1 is 1.19 bits per heavy atom. The van der Waals surface area contributed by atoms with E-state index >= 15 is 0 Å². The van der Waals surface area contributed by atoms with Gasteiger partial charge in [0.2, 0.25) is 0 Å². The molecule has 4 rings (SSSR count). The van der Waals surface area contributed by atoms with Gasteiger partial charge in [0, 0.05) is 12.6 Å². The standard InChI is InChI=1S/C23H19N3O5S/c1-3-25-22(27)21(32-23(25)24-15-7-5-4-6-8-15)14-17-10-12-20(31-17)18-11-9-16(30-2)13-19(18)26(28)29/h4-14H,3H2,1-2H3. The normalized spacial score (nSPS) is 16.2. The van der Waals surface area contributed by atoms with E-state index in [9.17, 15) is 14.9 Å². The summed E-state index contributed by atoms with van der Waals surface area (Å²) in [7, 11) is 1.45. The number of carbonyl (C=O) groups excluding carboxylic acids is 1. The number of nitro groups is 1. The molecule has 0 N–H and O–H groups in total. The molecular formula is C23H19N3O5S. The first-order chi connectivity index (χ1) is 15.5. The number of thioether (sulfide) groups is 1. The quantitative estimate of drug-likeness (QED) is 0.280. The van der Waals surface area contributed by atoms with Gasteiger partial charge in [-0.15, -0.1) is 0 Å². The predicted molar refractivity (Wildman–Crippen MR) is 124 cm³/mol. The minimum Gasteiger partial charge on any atom is -0.497 e. The first-order valence-electron chi connectivity index (χ1n) is 9.78. The Balaban J connectivity index is 1.64. The number of furan rings is 1. The average Bonchev–Trinajstić information content (AvgIpc) is 3.38. The lowest BCUT2D eigenvalue weighted by molar-refractivity contribution is -0.384. The van der Waals surface area contributed by atoms with Gasteiger partial charge in [-0.3, -0.25) is 19.8 Å². The van der Waals surface area contributed by atoms with Crippen LogP contribution in [0.25, 0.3) is 17.4 Å². The lowest BCUT2D eigenvalue weighted by Crippen LogP contribution is -2.28. The molecule has 0 spiro atoms. The summed E-state index contributed by atoms with van der Waals surface area (Å²) in [6.07, 6.45) is 1.63. The molecule has 3 aromatic rings. The molecule has 0 unspecified atom stereocenters. The number of nitrogens with zero attached hydrogens (tertiary/aromatic N) is 3. The van der Waals surface area contributed by atoms with Crippen molar-refractivity contribution < 1.29 is 18.9 Å². The number of nitro benzene ring substituents is 1. The highest BCUT2D eigenvalue weighted by atomic mass is 32.2. The van der Waals surface area contributed by atoms with E-state index < -0.39 is 4.92 Å². The van der Waals surface area contributed by atoms with E-state index in [1.807, 2.05) is 37.3 Å². The van der Waals surface area contributed by atoms with Gasteiger partial charge < -0.3 is 9.15 Å². The number of ether oxygens (including phenoxy) is 1. The molecule has 32 heavy (non-hydrogen) atoms. The molecule has 1 aliphatic rings. The molecule has 0 atom stereocenters. The second kappa shape index (κ2) is 9.11. The van der Waals surface area contributed by atoms with Crippen LogP contribution in [-0.2, 0) is 4.79 Å². The molecule has 1 amide bonds. The molecular weight excluding hydrogens is 430 g/mol. The van der Waals surface area contributed by atoms with Crippen molar-refractivity contribution >= 4 is 40.3 Å². The largest absolute Gasteiger partial charge is 0.497 e. The van der Waals surface area contributed by atoms with Crippen molar-refractivity contribution in [3.63, 3.8) is 0 Å². The lowest BCUT2D eigenvalue weighted by Gasteiger charge is -2.11. The summed E-state index contributed by atoms with van der Waals surface area (Å²) in [5.41, 5.74) is 0.959. The highest BCUT2D eigenvalue weighted by Crippen LogP contribution is 2.37. The molecule has 0 bridgehead atoms. The topological polar surface area (TPSA) is 98.2 Å². The van der Waals surface area contributed by atoms with Gasteiger partial charge in [-0.2, -0.15) is 0 Å². The average molecular weight is 449 g/mol. The number of benzene rings is 2. The number of amides is 1. The van der Waals surface area contributed by atoms with E-state index in [4.69, 9.17) is 9.15 Å². The Labute approximate surface area is 188 Å². The van der Waals surface area contributed by atoms with E-state index in [1.54, 1.807) is 35.2 Å². The van der Waals surface area contributed by atoms with Crippen molar-refractivity contribution in [2.45, 2.75) is 6.92 Å². The number of amidine groups is 1. The van der Waals surface area contributed by atoms with Gasteiger partial charge in [-0.25, -0.2) is 4.99 Å². The first-order valence-corrected chi connectivity index (χ1v) is 10.6. The third kappa shape index (κ3) is 4.28. The Bertz CT molecular complexity index is 1230. The summed E-state index contributed by atoms with van der Waals surface area (Å²) < 4.78 is 10.9. The summed E-state index contributed by atoms with van der Waals surface area (Å²) in [6, 6.07) is 17.3. The van der Waals surface area contributed by atoms with Crippen LogP contribution in [0.5, 0.6) is 5.75 Å². The van der Waals surface area contributed by atoms with Gasteiger partial charge in [-0.1, -0.05) is 18.2 Å². The molecule has 1 aliphatic heterocycles. The van der Waals surface area contributed by atoms with Crippen molar-refractivity contribution in [1.82, 2.24) is 4.90 Å². The highest BCUT2D eigenvalue weighted by molar-refractivity contribution is 8.18. The monoisotopic (exact) mass is 449 g/mol. The van der Waals surface area contributed by atoms with Crippen LogP contribution in [-0.4, -0.2) is 34.6 Å². The maximum Gasteiger partial charge on any atom is 0.284 e. The summed E-state index contributed by atoms with van der Waals surface area (Å²) in [6.45, 7) is 2.37. The molecule has 0 saturated carbocycles. The fourth-order valence-corrected chi connectivity index (χ4v) is 4.23. The van der Waals surface area contributed by atoms with E-state index in [0.29, 0.717) is 39.5 Å². The molecule has 9 heteroatoms. The summed E-state index contributed by atoms with van der Waals surface area (Å²) >= 11 is 1.26. The van der Waals surface area contributed by atoms with Crippen LogP contribution in [0.15, 0.2) is 75.0 Å². The Kier molecular flexibility index (Phi) is 6.09. The second-order valence-electron chi connectivity index (χ2n) is 6.73. The molecule has 8 nitrogen and oxygen atoms in total. The van der Waals surface area contributed by atoms with Gasteiger partial charge in [0.1, 0.15) is 17.3 Å². The van der Waals surface area contributed by atoms with Crippen molar-refractivity contribution in [2.75, 3.05) is 13.7 Å². The van der Waals surface area contributed by atoms with Crippen LogP contribution in [0.1, 0.15) is 12.7 Å². The fraction of sp³-hybridized carbons (Fsp3) is 0.130. The summed E-state index contributed by atoms with van der Waals surface area (Å²) in [4.78, 5) is 30.5. The number of likely N-dealkylation sites (N-methyl/N-ethyl adjacent to an activating group) is 1. The van der Waals surface area contributed by atoms with E-state index in [1.165, 1.54) is 24.9 Å². The van der Waals surface area contributed by atoms with E-state index in [-0.39, 0.29) is 11.6 Å². The number of rotatable bonds is 6. The minimum atomic E-state index is -0.486. The van der Waals surface area contributed by atoms with Gasteiger partial charge in [-0.05, 0) is 55.1 Å². The van der Waals surface area contributed by atoms with Crippen molar-refractivity contribution in [3.8, 4) is 17.1 Å². The van der Waals surface area contributed by atoms with Crippen LogP contribution in [0, 0.1) is 10.1 Å². The molecule has 1 aromatic heterocycles. The zero-order chi connectivity index (χ0) is 22.7. The minimum absolute atomic E-state index is 0.126. The highest BCUT2D eigenvalue weighted by Gasteiger charge is 2.32. The van der Waals surface area contributed by atoms with Gasteiger partial charge >= 0.3 is 0 Å². The van der Waals surface area contributed by atoms with Gasteiger partial charge in [0.25, 0.3) is 11.6 Å². The second-order valence-corrected chi connectivity index (χ2v) is 7.74. The number of methoxy groups -OCH3 is 1. The maximum absolute atomic E-state index is 12.8. The molecule has 162 valence electrons. The number of hydrogen-bond acceptors (Lipinski definition) is 7. The van der Waals surface area contributed by atoms with Crippen LogP contribution in [0.3, 0.4) is 0 Å². The van der Waals surface area contributed by atoms with Crippen molar-refractivity contribution in [3.05, 3.63) is 81.4 Å². The van der Waals surface area contributed by atoms with Crippen molar-refractivity contribution in [2.24, 2.45) is 4.99 Å². The summed E-state index contributed by atoms with van der Waals surface area (Å²) in [5.74, 6) is 0.956.